The van der Waals surface area contributed by atoms with Gasteiger partial charge in [-0.2, -0.15) is 0 Å². The van der Waals surface area contributed by atoms with Crippen LogP contribution in [0.3, 0.4) is 0 Å². The fourth-order valence-electron chi connectivity index (χ4n) is 2.17. The van der Waals surface area contributed by atoms with Crippen LogP contribution in [0, 0.1) is 6.92 Å². The highest BCUT2D eigenvalue weighted by Gasteiger charge is 2.08. The second kappa shape index (κ2) is 7.85. The van der Waals surface area contributed by atoms with Crippen LogP contribution in [0.4, 0.5) is 0 Å². The Bertz CT molecular complexity index is 842. The molecular weight excluding hydrogens is 340 g/mol. The topological polar surface area (TPSA) is 64.4 Å². The lowest BCUT2D eigenvalue weighted by molar-refractivity contribution is -0.123. The zero-order valence-electron chi connectivity index (χ0n) is 13.7. The average Bonchev–Trinajstić information content (AvgIpc) is 3.09. The number of halogens is 1. The summed E-state index contributed by atoms with van der Waals surface area (Å²) in [5.74, 6) is 1.01. The number of nitrogens with one attached hydrogen (secondary N) is 1. The van der Waals surface area contributed by atoms with Gasteiger partial charge in [0, 0.05) is 16.7 Å². The molecule has 128 valence electrons. The normalized spacial score (nSPS) is 10.5. The zero-order chi connectivity index (χ0) is 17.6. The number of benzene rings is 2. The van der Waals surface area contributed by atoms with E-state index in [1.165, 1.54) is 5.56 Å². The van der Waals surface area contributed by atoms with Gasteiger partial charge in [0.2, 0.25) is 0 Å². The van der Waals surface area contributed by atoms with Crippen LogP contribution in [-0.4, -0.2) is 17.7 Å². The number of ether oxygens (including phenoxy) is 1. The number of hydrogen-bond acceptors (Lipinski definition) is 4. The Kier molecular flexibility index (Phi) is 5.36. The molecule has 0 saturated carbocycles. The monoisotopic (exact) mass is 356 g/mol. The van der Waals surface area contributed by atoms with Crippen LogP contribution in [0.15, 0.2) is 59.1 Å². The first-order chi connectivity index (χ1) is 12.1. The van der Waals surface area contributed by atoms with Crippen molar-refractivity contribution in [3.63, 3.8) is 0 Å². The molecule has 6 heteroatoms. The lowest BCUT2D eigenvalue weighted by atomic mass is 10.1. The van der Waals surface area contributed by atoms with Crippen LogP contribution in [0.2, 0.25) is 5.02 Å². The van der Waals surface area contributed by atoms with Gasteiger partial charge >= 0.3 is 0 Å². The van der Waals surface area contributed by atoms with Crippen molar-refractivity contribution in [2.45, 2.75) is 13.5 Å². The number of amides is 1. The fraction of sp³-hybridized carbons (Fsp3) is 0.158. The Hall–Kier alpha value is -2.79. The molecule has 0 bridgehead atoms. The van der Waals surface area contributed by atoms with Crippen molar-refractivity contribution in [2.75, 3.05) is 6.61 Å². The third kappa shape index (κ3) is 4.84. The number of hydrogen-bond donors (Lipinski definition) is 1. The molecule has 0 atom stereocenters. The standard InChI is InChI=1S/C19H17ClN2O3/c1-13-2-4-14(5-3-13)18-10-16(22-25-18)11-21-19(23)12-24-17-8-6-15(20)7-9-17/h2-10H,11-12H2,1H3,(H,21,23). The predicted octanol–water partition coefficient (Wildman–Crippen LogP) is 4.00. The van der Waals surface area contributed by atoms with Gasteiger partial charge in [-0.15, -0.1) is 0 Å². The molecule has 0 fully saturated rings. The minimum Gasteiger partial charge on any atom is -0.484 e. The quantitative estimate of drug-likeness (QED) is 0.725. The molecule has 0 aliphatic rings. The molecule has 3 aromatic rings. The van der Waals surface area contributed by atoms with Crippen molar-refractivity contribution in [3.05, 3.63) is 70.9 Å². The van der Waals surface area contributed by atoms with Gasteiger partial charge in [0.05, 0.1) is 6.54 Å². The van der Waals surface area contributed by atoms with Gasteiger partial charge in [-0.3, -0.25) is 4.79 Å². The molecule has 0 aliphatic heterocycles. The van der Waals surface area contributed by atoms with Gasteiger partial charge < -0.3 is 14.6 Å². The second-order valence-corrected chi connectivity index (χ2v) is 6.00. The van der Waals surface area contributed by atoms with Crippen LogP contribution in [0.1, 0.15) is 11.3 Å². The molecule has 25 heavy (non-hydrogen) atoms. The van der Waals surface area contributed by atoms with E-state index in [9.17, 15) is 4.79 Å². The molecule has 0 aliphatic carbocycles. The summed E-state index contributed by atoms with van der Waals surface area (Å²) in [5, 5.41) is 7.33. The van der Waals surface area contributed by atoms with Crippen molar-refractivity contribution in [1.29, 1.82) is 0 Å². The summed E-state index contributed by atoms with van der Waals surface area (Å²) >= 11 is 5.80. The maximum Gasteiger partial charge on any atom is 0.258 e. The van der Waals surface area contributed by atoms with E-state index in [1.807, 2.05) is 37.3 Å². The largest absolute Gasteiger partial charge is 0.484 e. The summed E-state index contributed by atoms with van der Waals surface area (Å²) in [6.07, 6.45) is 0. The van der Waals surface area contributed by atoms with Gasteiger partial charge in [-0.25, -0.2) is 0 Å². The first kappa shape index (κ1) is 17.0. The molecule has 0 unspecified atom stereocenters. The maximum atomic E-state index is 11.9. The first-order valence-electron chi connectivity index (χ1n) is 7.78. The molecular formula is C19H17ClN2O3. The highest BCUT2D eigenvalue weighted by atomic mass is 35.5. The number of aromatic nitrogens is 1. The Balaban J connectivity index is 1.49. The Labute approximate surface area is 150 Å². The van der Waals surface area contributed by atoms with Crippen LogP contribution >= 0.6 is 11.6 Å². The van der Waals surface area contributed by atoms with Gasteiger partial charge in [0.15, 0.2) is 12.4 Å². The molecule has 1 N–H and O–H groups in total. The summed E-state index contributed by atoms with van der Waals surface area (Å²) < 4.78 is 10.7. The third-order valence-corrected chi connectivity index (χ3v) is 3.80. The minimum atomic E-state index is -0.241. The lowest BCUT2D eigenvalue weighted by Crippen LogP contribution is -2.28. The van der Waals surface area contributed by atoms with Crippen molar-refractivity contribution < 1.29 is 14.1 Å². The van der Waals surface area contributed by atoms with Gasteiger partial charge in [0.25, 0.3) is 5.91 Å². The molecule has 3 rings (SSSR count). The van der Waals surface area contributed by atoms with Crippen molar-refractivity contribution in [2.24, 2.45) is 0 Å². The molecule has 2 aromatic carbocycles. The van der Waals surface area contributed by atoms with E-state index < -0.39 is 0 Å². The van der Waals surface area contributed by atoms with Gasteiger partial charge in [0.1, 0.15) is 11.4 Å². The second-order valence-electron chi connectivity index (χ2n) is 5.57. The molecule has 1 amide bonds. The van der Waals surface area contributed by atoms with Gasteiger partial charge in [-0.05, 0) is 31.2 Å². The maximum absolute atomic E-state index is 11.9. The van der Waals surface area contributed by atoms with Crippen molar-refractivity contribution in [3.8, 4) is 17.1 Å². The lowest BCUT2D eigenvalue weighted by Gasteiger charge is -2.06. The van der Waals surface area contributed by atoms with E-state index in [-0.39, 0.29) is 19.1 Å². The van der Waals surface area contributed by atoms with Crippen LogP contribution < -0.4 is 10.1 Å². The van der Waals surface area contributed by atoms with Crippen molar-refractivity contribution in [1.82, 2.24) is 10.5 Å². The van der Waals surface area contributed by atoms with Crippen LogP contribution in [0.25, 0.3) is 11.3 Å². The number of carbonyl (C=O) groups excluding carboxylic acids is 1. The Morgan fingerprint density at radius 1 is 1.16 bits per heavy atom. The average molecular weight is 357 g/mol. The summed E-state index contributed by atoms with van der Waals surface area (Å²) in [6, 6.07) is 16.6. The van der Waals surface area contributed by atoms with Crippen LogP contribution in [-0.2, 0) is 11.3 Å². The highest BCUT2D eigenvalue weighted by Crippen LogP contribution is 2.20. The molecule has 0 spiro atoms. The smallest absolute Gasteiger partial charge is 0.258 e. The minimum absolute atomic E-state index is 0.0791. The molecule has 0 radical (unpaired) electrons. The van der Waals surface area contributed by atoms with E-state index in [2.05, 4.69) is 10.5 Å². The van der Waals surface area contributed by atoms with Crippen molar-refractivity contribution >= 4 is 17.5 Å². The van der Waals surface area contributed by atoms with E-state index in [4.69, 9.17) is 20.9 Å². The van der Waals surface area contributed by atoms with E-state index in [0.29, 0.717) is 22.2 Å². The van der Waals surface area contributed by atoms with E-state index in [1.54, 1.807) is 24.3 Å². The number of aryl methyl sites for hydroxylation is 1. The molecule has 5 nitrogen and oxygen atoms in total. The summed E-state index contributed by atoms with van der Waals surface area (Å²) in [6.45, 7) is 2.22. The number of rotatable bonds is 6. The third-order valence-electron chi connectivity index (χ3n) is 3.55. The van der Waals surface area contributed by atoms with Gasteiger partial charge in [-0.1, -0.05) is 46.6 Å². The van der Waals surface area contributed by atoms with E-state index >= 15 is 0 Å². The SMILES string of the molecule is Cc1ccc(-c2cc(CNC(=O)COc3ccc(Cl)cc3)no2)cc1. The Morgan fingerprint density at radius 2 is 1.88 bits per heavy atom. The Morgan fingerprint density at radius 3 is 2.60 bits per heavy atom. The zero-order valence-corrected chi connectivity index (χ0v) is 14.4. The molecule has 1 aromatic heterocycles. The number of nitrogens with zero attached hydrogens (tertiary/aromatic N) is 1. The fourth-order valence-corrected chi connectivity index (χ4v) is 2.29. The molecule has 0 saturated heterocycles. The van der Waals surface area contributed by atoms with E-state index in [0.717, 1.165) is 5.56 Å². The first-order valence-corrected chi connectivity index (χ1v) is 8.15. The summed E-state index contributed by atoms with van der Waals surface area (Å²) in [5.41, 5.74) is 2.77. The summed E-state index contributed by atoms with van der Waals surface area (Å²) in [4.78, 5) is 11.9. The molecule has 1 heterocycles. The predicted molar refractivity (Wildman–Crippen MR) is 95.5 cm³/mol. The van der Waals surface area contributed by atoms with Crippen LogP contribution in [0.5, 0.6) is 5.75 Å². The highest BCUT2D eigenvalue weighted by molar-refractivity contribution is 6.30. The summed E-state index contributed by atoms with van der Waals surface area (Å²) in [7, 11) is 0. The number of carbonyl (C=O) groups is 1.